The van der Waals surface area contributed by atoms with E-state index in [1.165, 1.54) is 0 Å². The van der Waals surface area contributed by atoms with Crippen molar-refractivity contribution in [3.8, 4) is 5.75 Å². The number of carboxylic acids is 1. The Morgan fingerprint density at radius 2 is 1.86 bits per heavy atom. The van der Waals surface area contributed by atoms with Gasteiger partial charge in [-0.2, -0.15) is 0 Å². The first-order chi connectivity index (χ1) is 13.9. The topological polar surface area (TPSA) is 93.5 Å². The Bertz CT molecular complexity index is 1030. The number of nitrogens with one attached hydrogen (secondary N) is 1. The van der Waals surface area contributed by atoms with Gasteiger partial charge in [-0.15, -0.1) is 0 Å². The molecule has 0 unspecified atom stereocenters. The molecule has 2 N–H and O–H groups in total. The summed E-state index contributed by atoms with van der Waals surface area (Å²) in [5, 5.41) is 11.7. The van der Waals surface area contributed by atoms with E-state index in [0.717, 1.165) is 34.5 Å². The molecular formula is C22H25N3O4. The zero-order chi connectivity index (χ0) is 21.0. The van der Waals surface area contributed by atoms with Crippen LogP contribution in [-0.2, 0) is 17.8 Å². The van der Waals surface area contributed by atoms with Crippen LogP contribution in [0.1, 0.15) is 34.2 Å². The fourth-order valence-corrected chi connectivity index (χ4v) is 3.50. The number of carbonyl (C=O) groups is 2. The fourth-order valence-electron chi connectivity index (χ4n) is 3.50. The Hall–Kier alpha value is -3.35. The molecule has 7 nitrogen and oxygen atoms in total. The summed E-state index contributed by atoms with van der Waals surface area (Å²) in [6, 6.07) is 11.4. The largest absolute Gasteiger partial charge is 0.481 e. The molecule has 3 aromatic rings. The van der Waals surface area contributed by atoms with Crippen molar-refractivity contribution in [3.05, 3.63) is 58.9 Å². The first kappa shape index (κ1) is 20.4. The minimum absolute atomic E-state index is 0.180. The zero-order valence-corrected chi connectivity index (χ0v) is 16.9. The van der Waals surface area contributed by atoms with Gasteiger partial charge in [-0.25, -0.2) is 9.78 Å². The lowest BCUT2D eigenvalue weighted by molar-refractivity contribution is -0.139. The molecule has 0 saturated carbocycles. The van der Waals surface area contributed by atoms with Crippen LogP contribution in [0.25, 0.3) is 11.0 Å². The summed E-state index contributed by atoms with van der Waals surface area (Å²) in [5.41, 5.74) is 4.03. The summed E-state index contributed by atoms with van der Waals surface area (Å²) in [5.74, 6) is 0.225. The van der Waals surface area contributed by atoms with Gasteiger partial charge in [-0.3, -0.25) is 4.79 Å². The Morgan fingerprint density at radius 1 is 1.17 bits per heavy atom. The normalized spacial score (nSPS) is 10.9. The Balaban J connectivity index is 1.66. The van der Waals surface area contributed by atoms with Crippen LogP contribution >= 0.6 is 0 Å². The van der Waals surface area contributed by atoms with Crippen molar-refractivity contribution >= 4 is 22.9 Å². The third-order valence-corrected chi connectivity index (χ3v) is 4.75. The molecule has 0 fully saturated rings. The summed E-state index contributed by atoms with van der Waals surface area (Å²) in [6.45, 7) is 6.55. The number of benzene rings is 2. The van der Waals surface area contributed by atoms with Crippen molar-refractivity contribution in [1.29, 1.82) is 0 Å². The second-order valence-corrected chi connectivity index (χ2v) is 6.89. The van der Waals surface area contributed by atoms with Crippen LogP contribution in [0.5, 0.6) is 5.75 Å². The molecule has 2 aromatic carbocycles. The monoisotopic (exact) mass is 395 g/mol. The van der Waals surface area contributed by atoms with Gasteiger partial charge in [0.1, 0.15) is 11.6 Å². The van der Waals surface area contributed by atoms with Crippen molar-refractivity contribution in [2.75, 3.05) is 13.2 Å². The van der Waals surface area contributed by atoms with Crippen LogP contribution in [0.3, 0.4) is 0 Å². The van der Waals surface area contributed by atoms with Crippen molar-refractivity contribution in [1.82, 2.24) is 14.9 Å². The number of hydrogen-bond donors (Lipinski definition) is 2. The number of hydrogen-bond acceptors (Lipinski definition) is 4. The van der Waals surface area contributed by atoms with Gasteiger partial charge < -0.3 is 19.7 Å². The number of aliphatic carboxylic acids is 1. The van der Waals surface area contributed by atoms with Crippen molar-refractivity contribution in [3.63, 3.8) is 0 Å². The van der Waals surface area contributed by atoms with E-state index in [1.54, 1.807) is 26.0 Å². The van der Waals surface area contributed by atoms with E-state index in [2.05, 4.69) is 21.8 Å². The molecule has 152 valence electrons. The van der Waals surface area contributed by atoms with E-state index < -0.39 is 12.6 Å². The number of ether oxygens (including phenoxy) is 1. The molecule has 7 heteroatoms. The highest BCUT2D eigenvalue weighted by Gasteiger charge is 2.14. The summed E-state index contributed by atoms with van der Waals surface area (Å²) < 4.78 is 7.47. The summed E-state index contributed by atoms with van der Waals surface area (Å²) in [7, 11) is 0. The molecule has 0 atom stereocenters. The third kappa shape index (κ3) is 4.56. The number of amides is 1. The van der Waals surface area contributed by atoms with Crippen LogP contribution in [0.2, 0.25) is 0 Å². The van der Waals surface area contributed by atoms with Crippen LogP contribution in [0.4, 0.5) is 0 Å². The lowest BCUT2D eigenvalue weighted by atomic mass is 10.1. The van der Waals surface area contributed by atoms with Gasteiger partial charge in [-0.1, -0.05) is 12.1 Å². The summed E-state index contributed by atoms with van der Waals surface area (Å²) in [4.78, 5) is 28.0. The predicted octanol–water partition coefficient (Wildman–Crippen LogP) is 3.11. The van der Waals surface area contributed by atoms with Crippen LogP contribution < -0.4 is 10.1 Å². The quantitative estimate of drug-likeness (QED) is 0.611. The van der Waals surface area contributed by atoms with E-state index in [4.69, 9.17) is 9.84 Å². The summed E-state index contributed by atoms with van der Waals surface area (Å²) >= 11 is 0. The predicted molar refractivity (Wildman–Crippen MR) is 110 cm³/mol. The van der Waals surface area contributed by atoms with E-state index >= 15 is 0 Å². The van der Waals surface area contributed by atoms with Crippen LogP contribution in [-0.4, -0.2) is 39.7 Å². The molecule has 0 saturated heterocycles. The van der Waals surface area contributed by atoms with Crippen LogP contribution in [0.15, 0.2) is 36.4 Å². The van der Waals surface area contributed by atoms with E-state index in [1.807, 2.05) is 24.3 Å². The number of rotatable bonds is 8. The number of para-hydroxylation sites is 2. The lowest BCUT2D eigenvalue weighted by Gasteiger charge is -2.13. The van der Waals surface area contributed by atoms with Gasteiger partial charge in [-0.05, 0) is 56.2 Å². The Morgan fingerprint density at radius 3 is 2.52 bits per heavy atom. The molecular weight excluding hydrogens is 370 g/mol. The Kier molecular flexibility index (Phi) is 6.16. The van der Waals surface area contributed by atoms with Gasteiger partial charge in [0.05, 0.1) is 11.0 Å². The first-order valence-corrected chi connectivity index (χ1v) is 9.59. The standard InChI is InChI=1S/C22H25N3O4/c1-4-25-18-8-6-5-7-17(18)24-19(25)9-10-23-22(28)16-11-14(2)21(15(3)12-16)29-13-20(26)27/h5-8,11-12H,4,9-10,13H2,1-3H3,(H,23,28)(H,26,27). The van der Waals surface area contributed by atoms with Crippen molar-refractivity contribution < 1.29 is 19.4 Å². The van der Waals surface area contributed by atoms with Crippen LogP contribution in [0, 0.1) is 13.8 Å². The maximum atomic E-state index is 12.6. The Labute approximate surface area is 169 Å². The van der Waals surface area contributed by atoms with Gasteiger partial charge >= 0.3 is 5.97 Å². The molecule has 0 aliphatic rings. The van der Waals surface area contributed by atoms with Crippen molar-refractivity contribution in [2.24, 2.45) is 0 Å². The fraction of sp³-hybridized carbons (Fsp3) is 0.318. The second-order valence-electron chi connectivity index (χ2n) is 6.89. The third-order valence-electron chi connectivity index (χ3n) is 4.75. The minimum atomic E-state index is -1.04. The van der Waals surface area contributed by atoms with E-state index in [9.17, 15) is 9.59 Å². The number of nitrogens with zero attached hydrogens (tertiary/aromatic N) is 2. The molecule has 0 spiro atoms. The molecule has 1 aromatic heterocycles. The smallest absolute Gasteiger partial charge is 0.341 e. The average molecular weight is 395 g/mol. The number of fused-ring (bicyclic) bond motifs is 1. The molecule has 0 radical (unpaired) electrons. The molecule has 1 heterocycles. The molecule has 0 aliphatic heterocycles. The second kappa shape index (κ2) is 8.77. The molecule has 3 rings (SSSR count). The van der Waals surface area contributed by atoms with Gasteiger partial charge in [0.25, 0.3) is 5.91 Å². The number of imidazole rings is 1. The van der Waals surface area contributed by atoms with Gasteiger partial charge in [0.15, 0.2) is 6.61 Å². The number of aryl methyl sites for hydroxylation is 3. The average Bonchev–Trinajstić information content (AvgIpc) is 3.04. The molecule has 0 aliphatic carbocycles. The molecule has 29 heavy (non-hydrogen) atoms. The number of carboxylic acid groups (broad SMARTS) is 1. The molecule has 0 bridgehead atoms. The SMILES string of the molecule is CCn1c(CCNC(=O)c2cc(C)c(OCC(=O)O)c(C)c2)nc2ccccc21. The van der Waals surface area contributed by atoms with Crippen molar-refractivity contribution in [2.45, 2.75) is 33.7 Å². The highest BCUT2D eigenvalue weighted by Crippen LogP contribution is 2.25. The zero-order valence-electron chi connectivity index (χ0n) is 16.9. The minimum Gasteiger partial charge on any atom is -0.481 e. The number of carbonyl (C=O) groups excluding carboxylic acids is 1. The van der Waals surface area contributed by atoms with E-state index in [0.29, 0.717) is 24.3 Å². The van der Waals surface area contributed by atoms with Gasteiger partial charge in [0.2, 0.25) is 0 Å². The highest BCUT2D eigenvalue weighted by molar-refractivity contribution is 5.95. The number of aromatic nitrogens is 2. The highest BCUT2D eigenvalue weighted by atomic mass is 16.5. The first-order valence-electron chi connectivity index (χ1n) is 9.59. The van der Waals surface area contributed by atoms with Gasteiger partial charge in [0, 0.05) is 25.1 Å². The summed E-state index contributed by atoms with van der Waals surface area (Å²) in [6.07, 6.45) is 0.631. The molecule has 1 amide bonds. The maximum Gasteiger partial charge on any atom is 0.341 e. The van der Waals surface area contributed by atoms with E-state index in [-0.39, 0.29) is 5.91 Å². The lowest BCUT2D eigenvalue weighted by Crippen LogP contribution is -2.26. The maximum absolute atomic E-state index is 12.6.